The van der Waals surface area contributed by atoms with E-state index in [2.05, 4.69) is 15.2 Å². The van der Waals surface area contributed by atoms with Crippen molar-refractivity contribution in [3.05, 3.63) is 46.8 Å². The highest BCUT2D eigenvalue weighted by molar-refractivity contribution is 6.05. The van der Waals surface area contributed by atoms with Crippen LogP contribution in [0.25, 0.3) is 33.1 Å². The van der Waals surface area contributed by atoms with Crippen molar-refractivity contribution < 1.29 is 4.42 Å². The third-order valence-corrected chi connectivity index (χ3v) is 4.25. The quantitative estimate of drug-likeness (QED) is 0.599. The van der Waals surface area contributed by atoms with Gasteiger partial charge in [0.05, 0.1) is 17.1 Å². The second-order valence-corrected chi connectivity index (χ2v) is 5.77. The number of hydrogen-bond acceptors (Lipinski definition) is 5. The number of nitrogens with two attached hydrogens (primary N) is 1. The van der Waals surface area contributed by atoms with Crippen molar-refractivity contribution in [1.82, 2.24) is 19.7 Å². The molecular formula is C17H17N5O2. The molecule has 3 aromatic heterocycles. The van der Waals surface area contributed by atoms with Crippen LogP contribution in [0.2, 0.25) is 0 Å². The number of aromatic nitrogens is 4. The molecule has 7 nitrogen and oxygen atoms in total. The van der Waals surface area contributed by atoms with Crippen LogP contribution in [-0.2, 0) is 6.54 Å². The van der Waals surface area contributed by atoms with Crippen molar-refractivity contribution >= 4 is 21.8 Å². The van der Waals surface area contributed by atoms with Gasteiger partial charge >= 0.3 is 0 Å². The molecule has 0 radical (unpaired) electrons. The summed E-state index contributed by atoms with van der Waals surface area (Å²) in [4.78, 5) is 16.8. The van der Waals surface area contributed by atoms with Crippen LogP contribution < -0.4 is 11.3 Å². The zero-order valence-corrected chi connectivity index (χ0v) is 13.2. The molecule has 0 aliphatic rings. The summed E-state index contributed by atoms with van der Waals surface area (Å²) in [7, 11) is 0. The predicted octanol–water partition coefficient (Wildman–Crippen LogP) is 2.19. The minimum Gasteiger partial charge on any atom is -0.444 e. The Kier molecular flexibility index (Phi) is 3.42. The normalized spacial score (nSPS) is 11.6. The van der Waals surface area contributed by atoms with Crippen molar-refractivity contribution in [2.24, 2.45) is 5.73 Å². The summed E-state index contributed by atoms with van der Waals surface area (Å²) in [5.41, 5.74) is 8.77. The first-order valence-corrected chi connectivity index (χ1v) is 7.81. The molecule has 0 unspecified atom stereocenters. The van der Waals surface area contributed by atoms with Crippen LogP contribution in [0.3, 0.4) is 0 Å². The Balaban J connectivity index is 2.08. The minimum absolute atomic E-state index is 0.0374. The fraction of sp³-hybridized carbons (Fsp3) is 0.235. The van der Waals surface area contributed by atoms with Crippen LogP contribution in [0.4, 0.5) is 0 Å². The van der Waals surface area contributed by atoms with E-state index in [9.17, 15) is 4.79 Å². The molecule has 1 aromatic carbocycles. The van der Waals surface area contributed by atoms with Gasteiger partial charge in [0.1, 0.15) is 5.52 Å². The standard InChI is InChI=1S/C17H17N5O2/c1-10-15-16(21-20-10)12-7-11(14-8-19-9-24-14)3-4-13(12)22(17(15)23)6-2-5-18/h3-4,7-9H,2,5-6,18H2,1H3,(H,20,21). The van der Waals surface area contributed by atoms with Crippen molar-refractivity contribution in [3.63, 3.8) is 0 Å². The van der Waals surface area contributed by atoms with Crippen LogP contribution in [0.15, 0.2) is 40.0 Å². The number of oxazole rings is 1. The number of H-pyrrole nitrogens is 1. The molecule has 4 rings (SSSR count). The van der Waals surface area contributed by atoms with E-state index in [4.69, 9.17) is 10.2 Å². The Hall–Kier alpha value is -2.93. The molecule has 3 heterocycles. The van der Waals surface area contributed by atoms with E-state index in [0.29, 0.717) is 29.8 Å². The molecule has 0 fully saturated rings. The van der Waals surface area contributed by atoms with E-state index in [1.54, 1.807) is 10.8 Å². The van der Waals surface area contributed by atoms with Gasteiger partial charge in [-0.2, -0.15) is 5.10 Å². The summed E-state index contributed by atoms with van der Waals surface area (Å²) in [6, 6.07) is 5.83. The highest BCUT2D eigenvalue weighted by Gasteiger charge is 2.16. The van der Waals surface area contributed by atoms with Crippen LogP contribution in [0.5, 0.6) is 0 Å². The lowest BCUT2D eigenvalue weighted by Gasteiger charge is -2.11. The number of hydrogen-bond donors (Lipinski definition) is 2. The van der Waals surface area contributed by atoms with E-state index in [0.717, 1.165) is 28.6 Å². The first-order chi connectivity index (χ1) is 11.7. The molecule has 0 amide bonds. The lowest BCUT2D eigenvalue weighted by atomic mass is 10.1. The monoisotopic (exact) mass is 323 g/mol. The maximum atomic E-state index is 12.9. The fourth-order valence-electron chi connectivity index (χ4n) is 3.07. The number of nitrogens with zero attached hydrogens (tertiary/aromatic N) is 3. The summed E-state index contributed by atoms with van der Waals surface area (Å²) in [6.45, 7) is 2.97. The smallest absolute Gasteiger partial charge is 0.262 e. The van der Waals surface area contributed by atoms with E-state index < -0.39 is 0 Å². The molecular weight excluding hydrogens is 306 g/mol. The summed E-state index contributed by atoms with van der Waals surface area (Å²) in [5.74, 6) is 0.678. The number of aromatic amines is 1. The number of aryl methyl sites for hydroxylation is 2. The first-order valence-electron chi connectivity index (χ1n) is 7.81. The van der Waals surface area contributed by atoms with Crippen LogP contribution >= 0.6 is 0 Å². The van der Waals surface area contributed by atoms with Gasteiger partial charge in [-0.25, -0.2) is 4.98 Å². The van der Waals surface area contributed by atoms with Gasteiger partial charge < -0.3 is 14.7 Å². The van der Waals surface area contributed by atoms with Gasteiger partial charge in [-0.05, 0) is 38.1 Å². The topological polar surface area (TPSA) is 103 Å². The van der Waals surface area contributed by atoms with Crippen LogP contribution in [-0.4, -0.2) is 26.3 Å². The lowest BCUT2D eigenvalue weighted by molar-refractivity contribution is 0.572. The highest BCUT2D eigenvalue weighted by Crippen LogP contribution is 2.28. The Labute approximate surface area is 137 Å². The molecule has 0 bridgehead atoms. The van der Waals surface area contributed by atoms with Crippen molar-refractivity contribution in [3.8, 4) is 11.3 Å². The summed E-state index contributed by atoms with van der Waals surface area (Å²) in [5, 5.41) is 8.79. The average molecular weight is 323 g/mol. The second-order valence-electron chi connectivity index (χ2n) is 5.77. The van der Waals surface area contributed by atoms with E-state index >= 15 is 0 Å². The SMILES string of the molecule is Cc1[nH]nc2c1c(=O)n(CCCN)c1ccc(-c3cnco3)cc21. The molecule has 0 spiro atoms. The molecule has 0 saturated carbocycles. The molecule has 122 valence electrons. The van der Waals surface area contributed by atoms with Gasteiger partial charge in [-0.15, -0.1) is 0 Å². The maximum absolute atomic E-state index is 12.9. The average Bonchev–Trinajstić information content (AvgIpc) is 3.24. The third-order valence-electron chi connectivity index (χ3n) is 4.25. The van der Waals surface area contributed by atoms with E-state index in [1.165, 1.54) is 6.39 Å². The molecule has 0 aliphatic heterocycles. The molecule has 3 N–H and O–H groups in total. The van der Waals surface area contributed by atoms with Crippen LogP contribution in [0.1, 0.15) is 12.1 Å². The third kappa shape index (κ3) is 2.13. The van der Waals surface area contributed by atoms with Gasteiger partial charge in [0, 0.05) is 23.2 Å². The number of benzene rings is 1. The number of rotatable bonds is 4. The minimum atomic E-state index is -0.0374. The Morgan fingerprint density at radius 2 is 2.25 bits per heavy atom. The maximum Gasteiger partial charge on any atom is 0.262 e. The zero-order valence-electron chi connectivity index (χ0n) is 13.2. The largest absolute Gasteiger partial charge is 0.444 e. The highest BCUT2D eigenvalue weighted by atomic mass is 16.3. The summed E-state index contributed by atoms with van der Waals surface area (Å²) < 4.78 is 7.16. The van der Waals surface area contributed by atoms with Gasteiger partial charge in [-0.1, -0.05) is 0 Å². The van der Waals surface area contributed by atoms with Crippen molar-refractivity contribution in [2.45, 2.75) is 19.9 Å². The number of nitrogens with one attached hydrogen (secondary N) is 1. The molecule has 0 aliphatic carbocycles. The van der Waals surface area contributed by atoms with Crippen molar-refractivity contribution in [1.29, 1.82) is 0 Å². The molecule has 4 aromatic rings. The lowest BCUT2D eigenvalue weighted by Crippen LogP contribution is -2.22. The first kappa shape index (κ1) is 14.6. The van der Waals surface area contributed by atoms with Crippen molar-refractivity contribution in [2.75, 3.05) is 6.54 Å². The molecule has 7 heteroatoms. The number of fused-ring (bicyclic) bond motifs is 3. The molecule has 0 atom stereocenters. The van der Waals surface area contributed by atoms with Crippen LogP contribution in [0, 0.1) is 6.92 Å². The molecule has 0 saturated heterocycles. The van der Waals surface area contributed by atoms with E-state index in [-0.39, 0.29) is 5.56 Å². The summed E-state index contributed by atoms with van der Waals surface area (Å²) in [6.07, 6.45) is 3.80. The predicted molar refractivity (Wildman–Crippen MR) is 91.8 cm³/mol. The fourth-order valence-corrected chi connectivity index (χ4v) is 3.07. The van der Waals surface area contributed by atoms with Gasteiger partial charge in [0.25, 0.3) is 5.56 Å². The Morgan fingerprint density at radius 3 is 3.00 bits per heavy atom. The molecule has 24 heavy (non-hydrogen) atoms. The summed E-state index contributed by atoms with van der Waals surface area (Å²) >= 11 is 0. The zero-order chi connectivity index (χ0) is 16.7. The van der Waals surface area contributed by atoms with Gasteiger partial charge in [0.15, 0.2) is 12.2 Å². The Bertz CT molecular complexity index is 1080. The Morgan fingerprint density at radius 1 is 1.38 bits per heavy atom. The van der Waals surface area contributed by atoms with Gasteiger partial charge in [-0.3, -0.25) is 9.89 Å². The number of pyridine rings is 1. The van der Waals surface area contributed by atoms with E-state index in [1.807, 2.05) is 25.1 Å². The van der Waals surface area contributed by atoms with Gasteiger partial charge in [0.2, 0.25) is 0 Å². The second kappa shape index (κ2) is 5.61.